The third-order valence-electron chi connectivity index (χ3n) is 8.47. The SMILES string of the molecule is CN(CC(=O)O)C1CCNC(NC2CCC(C3CSC4C(=O)CC(N5CCOCC5)OC43)CC2)N1. The molecule has 5 aliphatic rings. The number of nitrogens with zero attached hydrogens (tertiary/aromatic N) is 2. The summed E-state index contributed by atoms with van der Waals surface area (Å²) >= 11 is 1.82. The van der Waals surface area contributed by atoms with Gasteiger partial charge in [-0.2, -0.15) is 0 Å². The van der Waals surface area contributed by atoms with E-state index in [9.17, 15) is 9.59 Å². The predicted octanol–water partition coefficient (Wildman–Crippen LogP) is 0.0917. The van der Waals surface area contributed by atoms with Gasteiger partial charge >= 0.3 is 5.97 Å². The molecular formula is C24H41N5O5S. The zero-order valence-electron chi connectivity index (χ0n) is 20.7. The molecule has 0 aromatic heterocycles. The van der Waals surface area contributed by atoms with Crippen LogP contribution < -0.4 is 16.0 Å². The van der Waals surface area contributed by atoms with Crippen molar-refractivity contribution in [1.82, 2.24) is 25.8 Å². The molecule has 0 amide bonds. The maximum Gasteiger partial charge on any atom is 0.317 e. The lowest BCUT2D eigenvalue weighted by atomic mass is 9.75. The average molecular weight is 512 g/mol. The third kappa shape index (κ3) is 6.20. The zero-order chi connectivity index (χ0) is 24.4. The van der Waals surface area contributed by atoms with Crippen LogP contribution in [0, 0.1) is 11.8 Å². The topological polar surface area (TPSA) is 115 Å². The van der Waals surface area contributed by atoms with E-state index in [1.807, 2.05) is 23.7 Å². The van der Waals surface area contributed by atoms with E-state index in [0.717, 1.165) is 70.7 Å². The number of nitrogens with one attached hydrogen (secondary N) is 3. The number of carboxylic acids is 1. The van der Waals surface area contributed by atoms with Crippen molar-refractivity contribution in [3.8, 4) is 0 Å². The minimum atomic E-state index is -0.803. The van der Waals surface area contributed by atoms with Gasteiger partial charge in [0.2, 0.25) is 0 Å². The number of hydrogen-bond donors (Lipinski definition) is 4. The van der Waals surface area contributed by atoms with Crippen LogP contribution in [0.1, 0.15) is 38.5 Å². The maximum atomic E-state index is 12.9. The summed E-state index contributed by atoms with van der Waals surface area (Å²) in [5, 5.41) is 19.8. The molecule has 1 aliphatic carbocycles. The molecule has 0 bridgehead atoms. The highest BCUT2D eigenvalue weighted by atomic mass is 32.2. The lowest BCUT2D eigenvalue weighted by Gasteiger charge is -2.43. The number of rotatable bonds is 7. The Bertz CT molecular complexity index is 748. The number of morpholine rings is 1. The first-order valence-corrected chi connectivity index (χ1v) is 14.3. The normalized spacial score (nSPS) is 41.1. The van der Waals surface area contributed by atoms with Crippen LogP contribution in [0.3, 0.4) is 0 Å². The largest absolute Gasteiger partial charge is 0.480 e. The number of carbonyl (C=O) groups excluding carboxylic acids is 1. The molecule has 35 heavy (non-hydrogen) atoms. The first-order chi connectivity index (χ1) is 17.0. The second-order valence-electron chi connectivity index (χ2n) is 10.7. The van der Waals surface area contributed by atoms with Crippen LogP contribution in [0.5, 0.6) is 0 Å². The number of carboxylic acid groups (broad SMARTS) is 1. The fourth-order valence-electron chi connectivity index (χ4n) is 6.51. The highest BCUT2D eigenvalue weighted by molar-refractivity contribution is 8.01. The molecule has 10 nitrogen and oxygen atoms in total. The van der Waals surface area contributed by atoms with Crippen molar-refractivity contribution in [1.29, 1.82) is 0 Å². The fourth-order valence-corrected chi connectivity index (χ4v) is 8.14. The Morgan fingerprint density at radius 1 is 1.23 bits per heavy atom. The molecule has 11 heteroatoms. The number of thioether (sulfide) groups is 1. The number of aliphatic carboxylic acids is 1. The first-order valence-electron chi connectivity index (χ1n) is 13.3. The number of ether oxygens (including phenoxy) is 2. The van der Waals surface area contributed by atoms with Gasteiger partial charge in [-0.25, -0.2) is 0 Å². The molecule has 4 aliphatic heterocycles. The molecule has 6 unspecified atom stereocenters. The highest BCUT2D eigenvalue weighted by Crippen LogP contribution is 2.46. The molecule has 198 valence electrons. The Kier molecular flexibility index (Phi) is 8.66. The van der Waals surface area contributed by atoms with Crippen molar-refractivity contribution >= 4 is 23.5 Å². The summed E-state index contributed by atoms with van der Waals surface area (Å²) in [4.78, 5) is 28.2. The number of fused-ring (bicyclic) bond motifs is 1. The van der Waals surface area contributed by atoms with E-state index >= 15 is 0 Å². The minimum absolute atomic E-state index is 0.00783. The van der Waals surface area contributed by atoms with E-state index in [0.29, 0.717) is 30.1 Å². The van der Waals surface area contributed by atoms with Crippen LogP contribution >= 0.6 is 11.8 Å². The molecule has 1 saturated carbocycles. The highest BCUT2D eigenvalue weighted by Gasteiger charge is 2.50. The number of likely N-dealkylation sites (N-methyl/N-ethyl adjacent to an activating group) is 1. The lowest BCUT2D eigenvalue weighted by Crippen LogP contribution is -2.66. The Morgan fingerprint density at radius 3 is 2.74 bits per heavy atom. The average Bonchev–Trinajstić information content (AvgIpc) is 3.29. The zero-order valence-corrected chi connectivity index (χ0v) is 21.5. The van der Waals surface area contributed by atoms with Crippen LogP contribution in [-0.4, -0.2) is 115 Å². The fraction of sp³-hybridized carbons (Fsp3) is 0.917. The Balaban J connectivity index is 1.11. The molecule has 5 rings (SSSR count). The smallest absolute Gasteiger partial charge is 0.317 e. The maximum absolute atomic E-state index is 12.9. The van der Waals surface area contributed by atoms with Crippen molar-refractivity contribution in [2.75, 3.05) is 52.2 Å². The Morgan fingerprint density at radius 2 is 2.00 bits per heavy atom. The summed E-state index contributed by atoms with van der Waals surface area (Å²) in [6, 6.07) is 0.430. The summed E-state index contributed by atoms with van der Waals surface area (Å²) in [5.41, 5.74) is 0. The number of carbonyl (C=O) groups is 2. The molecule has 4 N–H and O–H groups in total. The monoisotopic (exact) mass is 511 g/mol. The van der Waals surface area contributed by atoms with Gasteiger partial charge in [-0.1, -0.05) is 0 Å². The summed E-state index contributed by atoms with van der Waals surface area (Å²) in [7, 11) is 1.86. The number of Topliss-reactive ketones (excluding diaryl/α,β-unsaturated/α-hetero) is 1. The van der Waals surface area contributed by atoms with Crippen molar-refractivity contribution in [3.63, 3.8) is 0 Å². The summed E-state index contributed by atoms with van der Waals surface area (Å²) in [6.45, 7) is 4.03. The number of hydrogen-bond acceptors (Lipinski definition) is 10. The van der Waals surface area contributed by atoms with Gasteiger partial charge in [-0.15, -0.1) is 11.8 Å². The van der Waals surface area contributed by atoms with Crippen molar-refractivity contribution in [2.45, 2.75) is 74.6 Å². The van der Waals surface area contributed by atoms with E-state index in [1.165, 1.54) is 0 Å². The molecule has 0 aromatic rings. The van der Waals surface area contributed by atoms with E-state index in [-0.39, 0.29) is 36.6 Å². The van der Waals surface area contributed by atoms with Crippen molar-refractivity contribution in [3.05, 3.63) is 0 Å². The lowest BCUT2D eigenvalue weighted by molar-refractivity contribution is -0.170. The van der Waals surface area contributed by atoms with E-state index in [4.69, 9.17) is 14.6 Å². The van der Waals surface area contributed by atoms with Crippen LogP contribution in [0.2, 0.25) is 0 Å². The first kappa shape index (κ1) is 25.8. The van der Waals surface area contributed by atoms with Crippen LogP contribution in [-0.2, 0) is 19.1 Å². The number of ketones is 1. The Hall–Kier alpha value is -0.790. The van der Waals surface area contributed by atoms with Crippen molar-refractivity contribution < 1.29 is 24.2 Å². The van der Waals surface area contributed by atoms with Gasteiger partial charge < -0.3 is 14.6 Å². The summed E-state index contributed by atoms with van der Waals surface area (Å²) < 4.78 is 12.1. The molecule has 0 radical (unpaired) electrons. The van der Waals surface area contributed by atoms with Crippen LogP contribution in [0.4, 0.5) is 0 Å². The molecule has 6 atom stereocenters. The van der Waals surface area contributed by atoms with E-state index in [2.05, 4.69) is 20.9 Å². The van der Waals surface area contributed by atoms with Crippen LogP contribution in [0.25, 0.3) is 0 Å². The molecule has 0 spiro atoms. The molecule has 4 saturated heterocycles. The van der Waals surface area contributed by atoms with Gasteiger partial charge in [0.15, 0.2) is 5.78 Å². The van der Waals surface area contributed by atoms with Crippen LogP contribution in [0.15, 0.2) is 0 Å². The van der Waals surface area contributed by atoms with Gasteiger partial charge in [-0.3, -0.25) is 35.3 Å². The van der Waals surface area contributed by atoms with Crippen molar-refractivity contribution in [2.24, 2.45) is 11.8 Å². The van der Waals surface area contributed by atoms with Gasteiger partial charge in [0.05, 0.1) is 37.3 Å². The molecule has 4 heterocycles. The van der Waals surface area contributed by atoms with Gasteiger partial charge in [0, 0.05) is 32.1 Å². The standard InChI is InChI=1S/C24H41N5O5S/c1-28(13-21(31)32)19-6-7-25-24(27-19)26-16-4-2-15(3-5-16)17-14-35-23-18(30)12-20(34-22(17)23)29-8-10-33-11-9-29/h15-17,19-20,22-27H,2-14H2,1H3,(H,31,32). The summed E-state index contributed by atoms with van der Waals surface area (Å²) in [6.07, 6.45) is 5.93. The minimum Gasteiger partial charge on any atom is -0.480 e. The molecule has 0 aromatic carbocycles. The van der Waals surface area contributed by atoms with Gasteiger partial charge in [0.25, 0.3) is 0 Å². The van der Waals surface area contributed by atoms with E-state index < -0.39 is 5.97 Å². The molecule has 5 fully saturated rings. The Labute approximate surface area is 212 Å². The predicted molar refractivity (Wildman–Crippen MR) is 133 cm³/mol. The molecular weight excluding hydrogens is 470 g/mol. The second kappa shape index (κ2) is 11.7. The van der Waals surface area contributed by atoms with E-state index in [1.54, 1.807) is 0 Å². The quantitative estimate of drug-likeness (QED) is 0.373. The van der Waals surface area contributed by atoms with Gasteiger partial charge in [0.1, 0.15) is 12.5 Å². The third-order valence-corrected chi connectivity index (χ3v) is 9.94. The van der Waals surface area contributed by atoms with Gasteiger partial charge in [-0.05, 0) is 56.7 Å². The summed E-state index contributed by atoms with van der Waals surface area (Å²) in [5.74, 6) is 1.66. The second-order valence-corrected chi connectivity index (χ2v) is 11.9.